The largest absolute Gasteiger partial charge is 0.496 e. The van der Waals surface area contributed by atoms with Gasteiger partial charge >= 0.3 is 0 Å². The lowest BCUT2D eigenvalue weighted by molar-refractivity contribution is -0.121. The molecule has 4 aromatic rings. The van der Waals surface area contributed by atoms with Crippen molar-refractivity contribution in [1.29, 1.82) is 0 Å². The topological polar surface area (TPSA) is 93.0 Å². The van der Waals surface area contributed by atoms with Gasteiger partial charge in [-0.1, -0.05) is 30.3 Å². The Kier molecular flexibility index (Phi) is 5.56. The molecule has 4 rings (SSSR count). The molecule has 0 bridgehead atoms. The van der Waals surface area contributed by atoms with Gasteiger partial charge in [0.05, 0.1) is 12.7 Å². The third kappa shape index (κ3) is 4.29. The number of aromatic nitrogens is 3. The summed E-state index contributed by atoms with van der Waals surface area (Å²) in [4.78, 5) is 15.4. The first kappa shape index (κ1) is 18.7. The molecule has 7 heteroatoms. The Bertz CT molecular complexity index is 1120. The molecule has 1 amide bonds. The van der Waals surface area contributed by atoms with E-state index in [9.17, 15) is 4.79 Å². The fourth-order valence-corrected chi connectivity index (χ4v) is 3.27. The fraction of sp³-hybridized carbons (Fsp3) is 0.227. The molecule has 0 saturated carbocycles. The van der Waals surface area contributed by atoms with E-state index in [0.717, 1.165) is 17.5 Å². The van der Waals surface area contributed by atoms with E-state index in [0.29, 0.717) is 36.9 Å². The summed E-state index contributed by atoms with van der Waals surface area (Å²) < 4.78 is 11.0. The molecule has 0 fully saturated rings. The van der Waals surface area contributed by atoms with Crippen molar-refractivity contribution in [2.24, 2.45) is 0 Å². The average molecular weight is 390 g/mol. The number of para-hydroxylation sites is 2. The second-order valence-electron chi connectivity index (χ2n) is 6.66. The van der Waals surface area contributed by atoms with E-state index >= 15 is 0 Å². The molecule has 2 heterocycles. The van der Waals surface area contributed by atoms with Crippen LogP contribution in [-0.4, -0.2) is 34.7 Å². The number of ether oxygens (including phenoxy) is 1. The first-order chi connectivity index (χ1) is 14.2. The van der Waals surface area contributed by atoms with E-state index in [-0.39, 0.29) is 5.91 Å². The Morgan fingerprint density at radius 3 is 2.83 bits per heavy atom. The lowest BCUT2D eigenvalue weighted by Gasteiger charge is -2.04. The first-order valence-corrected chi connectivity index (χ1v) is 9.52. The normalized spacial score (nSPS) is 10.9. The molecule has 7 nitrogen and oxygen atoms in total. The highest BCUT2D eigenvalue weighted by Crippen LogP contribution is 2.28. The Balaban J connectivity index is 1.27. The van der Waals surface area contributed by atoms with E-state index in [1.165, 1.54) is 10.9 Å². The molecule has 0 atom stereocenters. The molecular formula is C22H22N4O3. The number of aromatic amines is 1. The fourth-order valence-electron chi connectivity index (χ4n) is 3.27. The quantitative estimate of drug-likeness (QED) is 0.480. The van der Waals surface area contributed by atoms with Gasteiger partial charge in [0.25, 0.3) is 5.89 Å². The number of carbonyl (C=O) groups excluding carboxylic acids is 1. The van der Waals surface area contributed by atoms with Crippen molar-refractivity contribution < 1.29 is 13.9 Å². The number of H-pyrrole nitrogens is 1. The predicted octanol–water partition coefficient (Wildman–Crippen LogP) is 3.52. The van der Waals surface area contributed by atoms with E-state index in [4.69, 9.17) is 9.15 Å². The first-order valence-electron chi connectivity index (χ1n) is 9.52. The minimum Gasteiger partial charge on any atom is -0.496 e. The lowest BCUT2D eigenvalue weighted by Crippen LogP contribution is -2.25. The number of rotatable bonds is 8. The summed E-state index contributed by atoms with van der Waals surface area (Å²) in [6.45, 7) is 0.580. The molecular weight excluding hydrogens is 368 g/mol. The monoisotopic (exact) mass is 390 g/mol. The third-order valence-corrected chi connectivity index (χ3v) is 4.76. The Morgan fingerprint density at radius 1 is 1.10 bits per heavy atom. The predicted molar refractivity (Wildman–Crippen MR) is 110 cm³/mol. The van der Waals surface area contributed by atoms with Gasteiger partial charge in [0.2, 0.25) is 11.8 Å². The molecule has 0 aliphatic carbocycles. The number of methoxy groups -OCH3 is 1. The maximum absolute atomic E-state index is 12.2. The Hall–Kier alpha value is -3.61. The van der Waals surface area contributed by atoms with Crippen LogP contribution in [0.25, 0.3) is 22.4 Å². The van der Waals surface area contributed by atoms with Crippen molar-refractivity contribution in [2.75, 3.05) is 13.7 Å². The zero-order chi connectivity index (χ0) is 20.1. The minimum absolute atomic E-state index is 0.0399. The molecule has 0 aliphatic rings. The highest BCUT2D eigenvalue weighted by atomic mass is 16.5. The van der Waals surface area contributed by atoms with Gasteiger partial charge in [-0.25, -0.2) is 0 Å². The highest BCUT2D eigenvalue weighted by Gasteiger charge is 2.14. The summed E-state index contributed by atoms with van der Waals surface area (Å²) in [7, 11) is 1.59. The second kappa shape index (κ2) is 8.60. The number of amides is 1. The lowest BCUT2D eigenvalue weighted by atomic mass is 10.1. The van der Waals surface area contributed by atoms with Crippen molar-refractivity contribution in [3.63, 3.8) is 0 Å². The van der Waals surface area contributed by atoms with Crippen LogP contribution in [0.4, 0.5) is 0 Å². The van der Waals surface area contributed by atoms with Crippen molar-refractivity contribution in [3.8, 4) is 17.2 Å². The summed E-state index contributed by atoms with van der Waals surface area (Å²) in [5.41, 5.74) is 3.03. The number of fused-ring (bicyclic) bond motifs is 1. The van der Waals surface area contributed by atoms with Crippen LogP contribution >= 0.6 is 0 Å². The molecule has 0 spiro atoms. The van der Waals surface area contributed by atoms with E-state index in [2.05, 4.69) is 26.6 Å². The van der Waals surface area contributed by atoms with E-state index < -0.39 is 0 Å². The van der Waals surface area contributed by atoms with Crippen molar-refractivity contribution in [1.82, 2.24) is 20.5 Å². The molecule has 0 radical (unpaired) electrons. The molecule has 2 aromatic carbocycles. The van der Waals surface area contributed by atoms with Crippen molar-refractivity contribution in [3.05, 3.63) is 66.2 Å². The molecule has 0 saturated heterocycles. The number of aryl methyl sites for hydroxylation is 1. The number of hydrogen-bond donors (Lipinski definition) is 2. The van der Waals surface area contributed by atoms with Gasteiger partial charge in [-0.15, -0.1) is 10.2 Å². The molecule has 2 aromatic heterocycles. The van der Waals surface area contributed by atoms with Crippen LogP contribution in [0.3, 0.4) is 0 Å². The van der Waals surface area contributed by atoms with Crippen molar-refractivity contribution in [2.45, 2.75) is 19.3 Å². The number of hydrogen-bond acceptors (Lipinski definition) is 5. The van der Waals surface area contributed by atoms with Crippen LogP contribution in [0.5, 0.6) is 5.75 Å². The molecule has 148 valence electrons. The summed E-state index contributed by atoms with van der Waals surface area (Å²) in [6.07, 6.45) is 3.45. The van der Waals surface area contributed by atoms with Gasteiger partial charge in [-0.3, -0.25) is 4.79 Å². The summed E-state index contributed by atoms with van der Waals surface area (Å²) in [6, 6.07) is 15.6. The van der Waals surface area contributed by atoms with Gasteiger partial charge in [-0.05, 0) is 30.2 Å². The summed E-state index contributed by atoms with van der Waals surface area (Å²) >= 11 is 0. The zero-order valence-corrected chi connectivity index (χ0v) is 16.1. The highest BCUT2D eigenvalue weighted by molar-refractivity contribution is 5.83. The molecule has 29 heavy (non-hydrogen) atoms. The van der Waals surface area contributed by atoms with Gasteiger partial charge < -0.3 is 19.5 Å². The van der Waals surface area contributed by atoms with Crippen LogP contribution in [0.15, 0.2) is 59.1 Å². The zero-order valence-electron chi connectivity index (χ0n) is 16.1. The van der Waals surface area contributed by atoms with Crippen LogP contribution in [0.2, 0.25) is 0 Å². The van der Waals surface area contributed by atoms with Gasteiger partial charge in [0, 0.05) is 36.5 Å². The van der Waals surface area contributed by atoms with E-state index in [1.54, 1.807) is 7.11 Å². The van der Waals surface area contributed by atoms with Crippen LogP contribution in [0.1, 0.15) is 17.9 Å². The smallest absolute Gasteiger partial charge is 0.251 e. The number of nitrogens with one attached hydrogen (secondary N) is 2. The number of carbonyl (C=O) groups is 1. The van der Waals surface area contributed by atoms with Gasteiger partial charge in [0.1, 0.15) is 5.75 Å². The minimum atomic E-state index is -0.0399. The summed E-state index contributed by atoms with van der Waals surface area (Å²) in [5, 5.41) is 12.2. The number of nitrogens with zero attached hydrogens (tertiary/aromatic N) is 2. The van der Waals surface area contributed by atoms with Gasteiger partial charge in [-0.2, -0.15) is 0 Å². The van der Waals surface area contributed by atoms with Crippen LogP contribution < -0.4 is 10.1 Å². The standard InChI is InChI=1S/C22H22N4O3/c1-28-19-9-5-3-7-17(19)22-26-25-21(29-22)11-10-20(27)23-13-12-15-14-24-18-8-4-2-6-16(15)18/h2-9,14,24H,10-13H2,1H3,(H,23,27). The second-order valence-corrected chi connectivity index (χ2v) is 6.66. The molecule has 0 aliphatic heterocycles. The number of benzene rings is 2. The summed E-state index contributed by atoms with van der Waals surface area (Å²) in [5.74, 6) is 1.44. The Morgan fingerprint density at radius 2 is 1.93 bits per heavy atom. The molecule has 0 unspecified atom stereocenters. The maximum atomic E-state index is 12.2. The van der Waals surface area contributed by atoms with Crippen LogP contribution in [0, 0.1) is 0 Å². The van der Waals surface area contributed by atoms with Crippen LogP contribution in [-0.2, 0) is 17.6 Å². The maximum Gasteiger partial charge on any atom is 0.251 e. The van der Waals surface area contributed by atoms with Crippen molar-refractivity contribution >= 4 is 16.8 Å². The average Bonchev–Trinajstić information content (AvgIpc) is 3.40. The Labute approximate surface area is 168 Å². The van der Waals surface area contributed by atoms with E-state index in [1.807, 2.05) is 48.7 Å². The SMILES string of the molecule is COc1ccccc1-c1nnc(CCC(=O)NCCc2c[nH]c3ccccc23)o1. The third-order valence-electron chi connectivity index (χ3n) is 4.76. The van der Waals surface area contributed by atoms with Gasteiger partial charge in [0.15, 0.2) is 0 Å². The molecule has 2 N–H and O–H groups in total.